The summed E-state index contributed by atoms with van der Waals surface area (Å²) in [6.45, 7) is 5.67. The number of nitrogens with two attached hydrogens (primary N) is 1. The van der Waals surface area contributed by atoms with Crippen LogP contribution in [0.2, 0.25) is 0 Å². The molecule has 0 aromatic heterocycles. The lowest BCUT2D eigenvalue weighted by Gasteiger charge is -2.36. The summed E-state index contributed by atoms with van der Waals surface area (Å²) in [5.41, 5.74) is 5.74. The molecule has 1 saturated heterocycles. The Hall–Kier alpha value is -0.610. The van der Waals surface area contributed by atoms with E-state index in [2.05, 4.69) is 11.8 Å². The van der Waals surface area contributed by atoms with Gasteiger partial charge in [-0.2, -0.15) is 0 Å². The third-order valence-corrected chi connectivity index (χ3v) is 4.15. The summed E-state index contributed by atoms with van der Waals surface area (Å²) in [6.07, 6.45) is 4.34. The third kappa shape index (κ3) is 2.99. The predicted octanol–water partition coefficient (Wildman–Crippen LogP) is 0.666. The zero-order valence-electron chi connectivity index (χ0n) is 11.1. The first-order valence-corrected chi connectivity index (χ1v) is 6.88. The summed E-state index contributed by atoms with van der Waals surface area (Å²) in [6, 6.07) is 0.563. The van der Waals surface area contributed by atoms with Crippen LogP contribution in [0.3, 0.4) is 0 Å². The molecule has 1 saturated carbocycles. The van der Waals surface area contributed by atoms with Gasteiger partial charge in [-0.05, 0) is 32.2 Å². The number of carbonyl (C=O) groups excluding carboxylic acids is 1. The summed E-state index contributed by atoms with van der Waals surface area (Å²) in [4.78, 5) is 16.5. The number of rotatable bonds is 4. The Kier molecular flexibility index (Phi) is 4.05. The van der Waals surface area contributed by atoms with Crippen LogP contribution >= 0.6 is 0 Å². The summed E-state index contributed by atoms with van der Waals surface area (Å²) >= 11 is 0. The smallest absolute Gasteiger partial charge is 0.227 e. The highest BCUT2D eigenvalue weighted by atomic mass is 16.2. The molecule has 0 bridgehead atoms. The van der Waals surface area contributed by atoms with E-state index < -0.39 is 0 Å². The molecular weight excluding hydrogens is 214 g/mol. The van der Waals surface area contributed by atoms with Crippen molar-refractivity contribution in [1.29, 1.82) is 0 Å². The molecule has 2 N–H and O–H groups in total. The van der Waals surface area contributed by atoms with Gasteiger partial charge in [0, 0.05) is 32.2 Å². The first-order chi connectivity index (χ1) is 8.13. The average molecular weight is 239 g/mol. The molecule has 0 spiro atoms. The van der Waals surface area contributed by atoms with Crippen LogP contribution in [0.4, 0.5) is 0 Å². The van der Waals surface area contributed by atoms with Crippen LogP contribution in [0.25, 0.3) is 0 Å². The zero-order chi connectivity index (χ0) is 12.4. The standard InChI is InChI=1S/C13H25N3O/c1-3-6-16-7-4-10(5-8-16)15(2)13(17)11-9-12(11)14/h10-12H,3-9,14H2,1-2H3. The number of piperidine rings is 1. The molecular formula is C13H25N3O. The fourth-order valence-corrected chi connectivity index (χ4v) is 2.79. The molecule has 2 unspecified atom stereocenters. The molecule has 1 aliphatic carbocycles. The third-order valence-electron chi connectivity index (χ3n) is 4.15. The van der Waals surface area contributed by atoms with Crippen molar-refractivity contribution in [2.75, 3.05) is 26.7 Å². The normalized spacial score (nSPS) is 30.3. The Balaban J connectivity index is 1.78. The number of hydrogen-bond acceptors (Lipinski definition) is 3. The predicted molar refractivity (Wildman–Crippen MR) is 68.6 cm³/mol. The Morgan fingerprint density at radius 3 is 2.47 bits per heavy atom. The van der Waals surface area contributed by atoms with E-state index in [0.717, 1.165) is 32.4 Å². The Labute approximate surface area is 104 Å². The summed E-state index contributed by atoms with van der Waals surface area (Å²) in [7, 11) is 1.95. The van der Waals surface area contributed by atoms with E-state index in [1.807, 2.05) is 11.9 Å². The zero-order valence-corrected chi connectivity index (χ0v) is 11.1. The molecule has 17 heavy (non-hydrogen) atoms. The first-order valence-electron chi connectivity index (χ1n) is 6.88. The Morgan fingerprint density at radius 1 is 1.41 bits per heavy atom. The van der Waals surface area contributed by atoms with E-state index in [9.17, 15) is 4.79 Å². The van der Waals surface area contributed by atoms with E-state index in [4.69, 9.17) is 5.73 Å². The molecule has 4 nitrogen and oxygen atoms in total. The molecule has 2 rings (SSSR count). The molecule has 4 heteroatoms. The average Bonchev–Trinajstić information content (AvgIpc) is 3.06. The van der Waals surface area contributed by atoms with Crippen LogP contribution in [0.1, 0.15) is 32.6 Å². The summed E-state index contributed by atoms with van der Waals surface area (Å²) in [5.74, 6) is 0.389. The minimum atomic E-state index is 0.119. The lowest BCUT2D eigenvalue weighted by molar-refractivity contribution is -0.134. The van der Waals surface area contributed by atoms with Gasteiger partial charge in [0.1, 0.15) is 0 Å². The van der Waals surface area contributed by atoms with E-state index in [0.29, 0.717) is 6.04 Å². The van der Waals surface area contributed by atoms with Crippen LogP contribution in [-0.2, 0) is 4.79 Å². The van der Waals surface area contributed by atoms with Gasteiger partial charge in [0.25, 0.3) is 0 Å². The van der Waals surface area contributed by atoms with Crippen LogP contribution in [0, 0.1) is 5.92 Å². The molecule has 2 atom stereocenters. The van der Waals surface area contributed by atoms with Crippen LogP contribution in [0.5, 0.6) is 0 Å². The highest BCUT2D eigenvalue weighted by molar-refractivity contribution is 5.82. The van der Waals surface area contributed by atoms with E-state index in [-0.39, 0.29) is 17.9 Å². The van der Waals surface area contributed by atoms with Crippen molar-refractivity contribution in [1.82, 2.24) is 9.80 Å². The van der Waals surface area contributed by atoms with Gasteiger partial charge < -0.3 is 15.5 Å². The van der Waals surface area contributed by atoms with Crippen molar-refractivity contribution in [3.63, 3.8) is 0 Å². The molecule has 1 heterocycles. The van der Waals surface area contributed by atoms with Crippen LogP contribution in [0.15, 0.2) is 0 Å². The topological polar surface area (TPSA) is 49.6 Å². The van der Waals surface area contributed by atoms with Crippen molar-refractivity contribution in [2.24, 2.45) is 11.7 Å². The lowest BCUT2D eigenvalue weighted by Crippen LogP contribution is -2.46. The molecule has 0 aromatic carbocycles. The number of nitrogens with zero attached hydrogens (tertiary/aromatic N) is 2. The number of carbonyl (C=O) groups is 1. The Bertz CT molecular complexity index is 274. The van der Waals surface area contributed by atoms with Crippen molar-refractivity contribution < 1.29 is 4.79 Å². The van der Waals surface area contributed by atoms with Crippen LogP contribution < -0.4 is 5.73 Å². The second kappa shape index (κ2) is 5.36. The molecule has 1 aliphatic heterocycles. The molecule has 2 aliphatic rings. The fraction of sp³-hybridized carbons (Fsp3) is 0.923. The second-order valence-corrected chi connectivity index (χ2v) is 5.53. The largest absolute Gasteiger partial charge is 0.342 e. The highest BCUT2D eigenvalue weighted by Gasteiger charge is 2.42. The van der Waals surface area contributed by atoms with E-state index in [1.54, 1.807) is 0 Å². The molecule has 0 aromatic rings. The van der Waals surface area contributed by atoms with Crippen molar-refractivity contribution in [2.45, 2.75) is 44.7 Å². The van der Waals surface area contributed by atoms with Crippen molar-refractivity contribution in [3.8, 4) is 0 Å². The van der Waals surface area contributed by atoms with Gasteiger partial charge in [0.2, 0.25) is 5.91 Å². The monoisotopic (exact) mass is 239 g/mol. The van der Waals surface area contributed by atoms with Gasteiger partial charge in [-0.15, -0.1) is 0 Å². The molecule has 1 amide bonds. The van der Waals surface area contributed by atoms with E-state index in [1.165, 1.54) is 13.0 Å². The quantitative estimate of drug-likeness (QED) is 0.784. The van der Waals surface area contributed by atoms with Crippen LogP contribution in [-0.4, -0.2) is 54.5 Å². The van der Waals surface area contributed by atoms with Gasteiger partial charge in [-0.3, -0.25) is 4.79 Å². The number of amides is 1. The summed E-state index contributed by atoms with van der Waals surface area (Å²) < 4.78 is 0. The van der Waals surface area contributed by atoms with Gasteiger partial charge >= 0.3 is 0 Å². The maximum Gasteiger partial charge on any atom is 0.227 e. The molecule has 0 radical (unpaired) electrons. The molecule has 2 fully saturated rings. The van der Waals surface area contributed by atoms with Crippen molar-refractivity contribution >= 4 is 5.91 Å². The Morgan fingerprint density at radius 2 is 2.00 bits per heavy atom. The first kappa shape index (κ1) is 12.8. The maximum absolute atomic E-state index is 12.1. The fourth-order valence-electron chi connectivity index (χ4n) is 2.79. The van der Waals surface area contributed by atoms with Gasteiger partial charge in [0.15, 0.2) is 0 Å². The highest BCUT2D eigenvalue weighted by Crippen LogP contribution is 2.31. The van der Waals surface area contributed by atoms with E-state index >= 15 is 0 Å². The van der Waals surface area contributed by atoms with Gasteiger partial charge in [-0.25, -0.2) is 0 Å². The minimum Gasteiger partial charge on any atom is -0.342 e. The van der Waals surface area contributed by atoms with Crippen molar-refractivity contribution in [3.05, 3.63) is 0 Å². The number of likely N-dealkylation sites (tertiary alicyclic amines) is 1. The second-order valence-electron chi connectivity index (χ2n) is 5.53. The number of hydrogen-bond donors (Lipinski definition) is 1. The minimum absolute atomic E-state index is 0.119. The van der Waals surface area contributed by atoms with Gasteiger partial charge in [0.05, 0.1) is 5.92 Å². The van der Waals surface area contributed by atoms with Gasteiger partial charge in [-0.1, -0.05) is 6.92 Å². The SMILES string of the molecule is CCCN1CCC(N(C)C(=O)C2CC2N)CC1. The summed E-state index contributed by atoms with van der Waals surface area (Å²) in [5, 5.41) is 0. The lowest BCUT2D eigenvalue weighted by atomic mass is 10.0. The maximum atomic E-state index is 12.1. The molecule has 98 valence electrons.